The van der Waals surface area contributed by atoms with Crippen molar-refractivity contribution >= 4 is 16.9 Å². The first kappa shape index (κ1) is 19.7. The van der Waals surface area contributed by atoms with Gasteiger partial charge in [0.15, 0.2) is 0 Å². The van der Waals surface area contributed by atoms with Gasteiger partial charge in [0.25, 0.3) is 5.91 Å². The lowest BCUT2D eigenvalue weighted by Gasteiger charge is -2.26. The van der Waals surface area contributed by atoms with E-state index in [0.29, 0.717) is 23.3 Å². The molecule has 0 N–H and O–H groups in total. The molecule has 0 saturated carbocycles. The highest BCUT2D eigenvalue weighted by molar-refractivity contribution is 5.96. The smallest absolute Gasteiger partial charge is 0.349 e. The molecule has 1 aromatic carbocycles. The first-order chi connectivity index (χ1) is 13.2. The van der Waals surface area contributed by atoms with Gasteiger partial charge in [0.1, 0.15) is 16.9 Å². The van der Waals surface area contributed by atoms with Crippen LogP contribution in [0, 0.1) is 0 Å². The molecule has 2 heterocycles. The Bertz CT molecular complexity index is 1050. The van der Waals surface area contributed by atoms with Gasteiger partial charge in [0, 0.05) is 42.8 Å². The van der Waals surface area contributed by atoms with Crippen LogP contribution in [-0.2, 0) is 13.6 Å². The Labute approximate surface area is 163 Å². The number of aromatic nitrogens is 2. The summed E-state index contributed by atoms with van der Waals surface area (Å²) in [7, 11) is 1.82. The van der Waals surface area contributed by atoms with E-state index in [2.05, 4.69) is 5.10 Å². The molecule has 0 bridgehead atoms. The quantitative estimate of drug-likeness (QED) is 0.610. The molecule has 0 radical (unpaired) electrons. The molecule has 0 saturated heterocycles. The van der Waals surface area contributed by atoms with Crippen LogP contribution in [0.1, 0.15) is 43.6 Å². The zero-order valence-corrected chi connectivity index (χ0v) is 16.8. The Kier molecular flexibility index (Phi) is 5.53. The third kappa shape index (κ3) is 4.24. The number of ether oxygens (including phenoxy) is 1. The highest BCUT2D eigenvalue weighted by Gasteiger charge is 2.23. The molecule has 3 rings (SSSR count). The minimum absolute atomic E-state index is 0.0112. The number of benzene rings is 1. The van der Waals surface area contributed by atoms with E-state index in [1.807, 2.05) is 40.9 Å². The van der Waals surface area contributed by atoms with Gasteiger partial charge >= 0.3 is 5.63 Å². The Balaban J connectivity index is 1.94. The average molecular weight is 383 g/mol. The monoisotopic (exact) mass is 383 g/mol. The zero-order chi connectivity index (χ0) is 20.4. The molecule has 0 aliphatic carbocycles. The molecule has 7 heteroatoms. The van der Waals surface area contributed by atoms with Crippen LogP contribution in [0.3, 0.4) is 0 Å². The number of rotatable bonds is 6. The van der Waals surface area contributed by atoms with Gasteiger partial charge in [-0.3, -0.25) is 9.48 Å². The highest BCUT2D eigenvalue weighted by Crippen LogP contribution is 2.22. The first-order valence-electron chi connectivity index (χ1n) is 9.27. The number of carbonyl (C=O) groups excluding carboxylic acids is 1. The van der Waals surface area contributed by atoms with Gasteiger partial charge in [0.2, 0.25) is 0 Å². The highest BCUT2D eigenvalue weighted by atomic mass is 16.5. The summed E-state index contributed by atoms with van der Waals surface area (Å²) in [5, 5.41) is 4.81. The van der Waals surface area contributed by atoms with E-state index in [0.717, 1.165) is 5.56 Å². The molecular weight excluding hydrogens is 358 g/mol. The molecular formula is C21H25N3O4. The minimum atomic E-state index is -0.656. The summed E-state index contributed by atoms with van der Waals surface area (Å²) >= 11 is 0. The Morgan fingerprint density at radius 3 is 2.61 bits per heavy atom. The summed E-state index contributed by atoms with van der Waals surface area (Å²) < 4.78 is 12.7. The maximum atomic E-state index is 13.1. The lowest BCUT2D eigenvalue weighted by molar-refractivity contribution is 0.0686. The van der Waals surface area contributed by atoms with Crippen molar-refractivity contribution in [2.75, 3.05) is 0 Å². The molecule has 0 atom stereocenters. The van der Waals surface area contributed by atoms with Crippen molar-refractivity contribution in [3.05, 3.63) is 58.2 Å². The van der Waals surface area contributed by atoms with E-state index >= 15 is 0 Å². The number of nitrogens with zero attached hydrogens (tertiary/aromatic N) is 3. The van der Waals surface area contributed by atoms with Crippen molar-refractivity contribution in [3.8, 4) is 5.75 Å². The molecule has 148 valence electrons. The van der Waals surface area contributed by atoms with Crippen molar-refractivity contribution in [3.63, 3.8) is 0 Å². The minimum Gasteiger partial charge on any atom is -0.491 e. The molecule has 0 spiro atoms. The maximum absolute atomic E-state index is 13.1. The summed E-state index contributed by atoms with van der Waals surface area (Å²) in [4.78, 5) is 27.2. The van der Waals surface area contributed by atoms with E-state index in [9.17, 15) is 9.59 Å². The second-order valence-electron chi connectivity index (χ2n) is 7.36. The van der Waals surface area contributed by atoms with Gasteiger partial charge in [-0.2, -0.15) is 5.10 Å². The Morgan fingerprint density at radius 1 is 1.25 bits per heavy atom. The summed E-state index contributed by atoms with van der Waals surface area (Å²) in [6.07, 6.45) is 3.57. The number of carbonyl (C=O) groups is 1. The SMILES string of the molecule is CC(C)Oc1ccc2cc(C(=O)N(Cc3cnn(C)c3)C(C)C)c(=O)oc2c1. The number of aryl methyl sites for hydroxylation is 1. The van der Waals surface area contributed by atoms with Crippen LogP contribution in [0.25, 0.3) is 11.0 Å². The fourth-order valence-electron chi connectivity index (χ4n) is 2.98. The Hall–Kier alpha value is -3.09. The average Bonchev–Trinajstić information content (AvgIpc) is 3.02. The fraction of sp³-hybridized carbons (Fsp3) is 0.381. The molecule has 0 aliphatic heterocycles. The lowest BCUT2D eigenvalue weighted by atomic mass is 10.1. The summed E-state index contributed by atoms with van der Waals surface area (Å²) in [6.45, 7) is 8.03. The summed E-state index contributed by atoms with van der Waals surface area (Å²) in [5.41, 5.74) is 0.645. The van der Waals surface area contributed by atoms with Gasteiger partial charge < -0.3 is 14.1 Å². The van der Waals surface area contributed by atoms with E-state index in [-0.39, 0.29) is 23.6 Å². The third-order valence-corrected chi connectivity index (χ3v) is 4.31. The van der Waals surface area contributed by atoms with Gasteiger partial charge in [-0.15, -0.1) is 0 Å². The second kappa shape index (κ2) is 7.88. The summed E-state index contributed by atoms with van der Waals surface area (Å²) in [5.74, 6) is 0.252. The second-order valence-corrected chi connectivity index (χ2v) is 7.36. The van der Waals surface area contributed by atoms with Gasteiger partial charge in [-0.25, -0.2) is 4.79 Å². The normalized spacial score (nSPS) is 11.4. The lowest BCUT2D eigenvalue weighted by Crippen LogP contribution is -2.38. The van der Waals surface area contributed by atoms with E-state index in [4.69, 9.17) is 9.15 Å². The molecule has 0 unspecified atom stereocenters. The van der Waals surface area contributed by atoms with Crippen LogP contribution in [0.4, 0.5) is 0 Å². The predicted octanol–water partition coefficient (Wildman–Crippen LogP) is 3.36. The van der Waals surface area contributed by atoms with Crippen LogP contribution in [0.15, 0.2) is 45.9 Å². The first-order valence-corrected chi connectivity index (χ1v) is 9.27. The molecule has 0 aliphatic rings. The topological polar surface area (TPSA) is 77.6 Å². The van der Waals surface area contributed by atoms with Crippen molar-refractivity contribution in [2.24, 2.45) is 7.05 Å². The van der Waals surface area contributed by atoms with Gasteiger partial charge in [-0.05, 0) is 45.9 Å². The molecule has 2 aromatic heterocycles. The van der Waals surface area contributed by atoms with Crippen molar-refractivity contribution in [1.29, 1.82) is 0 Å². The number of amides is 1. The standard InChI is InChI=1S/C21H25N3O4/c1-13(2)24(12-15-10-22-23(5)11-15)20(25)18-8-16-6-7-17(27-14(3)4)9-19(16)28-21(18)26/h6-11,13-14H,12H2,1-5H3. The van der Waals surface area contributed by atoms with E-state index in [1.54, 1.807) is 40.0 Å². The maximum Gasteiger partial charge on any atom is 0.349 e. The number of hydrogen-bond donors (Lipinski definition) is 0. The molecule has 28 heavy (non-hydrogen) atoms. The van der Waals surface area contributed by atoms with E-state index < -0.39 is 5.63 Å². The fourth-order valence-corrected chi connectivity index (χ4v) is 2.98. The molecule has 3 aromatic rings. The van der Waals surface area contributed by atoms with E-state index in [1.165, 1.54) is 0 Å². The summed E-state index contributed by atoms with van der Waals surface area (Å²) in [6, 6.07) is 6.74. The molecule has 0 fully saturated rings. The van der Waals surface area contributed by atoms with Crippen LogP contribution in [0.2, 0.25) is 0 Å². The van der Waals surface area contributed by atoms with Crippen molar-refractivity contribution in [1.82, 2.24) is 14.7 Å². The Morgan fingerprint density at radius 2 is 2.00 bits per heavy atom. The third-order valence-electron chi connectivity index (χ3n) is 4.31. The van der Waals surface area contributed by atoms with Crippen molar-refractivity contribution < 1.29 is 13.9 Å². The van der Waals surface area contributed by atoms with Gasteiger partial charge in [0.05, 0.1) is 12.3 Å². The molecule has 7 nitrogen and oxygen atoms in total. The van der Waals surface area contributed by atoms with Crippen LogP contribution in [-0.4, -0.2) is 32.7 Å². The molecule has 1 amide bonds. The van der Waals surface area contributed by atoms with Crippen molar-refractivity contribution in [2.45, 2.75) is 46.4 Å². The largest absolute Gasteiger partial charge is 0.491 e. The van der Waals surface area contributed by atoms with Crippen LogP contribution in [0.5, 0.6) is 5.75 Å². The number of fused-ring (bicyclic) bond motifs is 1. The van der Waals surface area contributed by atoms with Crippen LogP contribution >= 0.6 is 0 Å². The van der Waals surface area contributed by atoms with Crippen LogP contribution < -0.4 is 10.4 Å². The number of hydrogen-bond acceptors (Lipinski definition) is 5. The predicted molar refractivity (Wildman–Crippen MR) is 106 cm³/mol. The van der Waals surface area contributed by atoms with Gasteiger partial charge in [-0.1, -0.05) is 0 Å². The zero-order valence-electron chi connectivity index (χ0n) is 16.8.